The van der Waals surface area contributed by atoms with Gasteiger partial charge < -0.3 is 4.74 Å². The van der Waals surface area contributed by atoms with Gasteiger partial charge in [0.25, 0.3) is 0 Å². The molecule has 17 heavy (non-hydrogen) atoms. The van der Waals surface area contributed by atoms with Crippen molar-refractivity contribution in [2.24, 2.45) is 0 Å². The SMILES string of the molecule is CCCCCCCCCCC1(C)C=CC(=O)O1. The summed E-state index contributed by atoms with van der Waals surface area (Å²) in [7, 11) is 0. The van der Waals surface area contributed by atoms with Crippen LogP contribution in [0.25, 0.3) is 0 Å². The van der Waals surface area contributed by atoms with E-state index in [1.165, 1.54) is 44.9 Å². The number of carbonyl (C=O) groups excluding carboxylic acids is 1. The van der Waals surface area contributed by atoms with Gasteiger partial charge in [-0.2, -0.15) is 0 Å². The molecule has 2 heteroatoms. The molecular weight excluding hydrogens is 212 g/mol. The quantitative estimate of drug-likeness (QED) is 0.440. The zero-order valence-corrected chi connectivity index (χ0v) is 11.3. The van der Waals surface area contributed by atoms with Crippen molar-refractivity contribution in [3.63, 3.8) is 0 Å². The van der Waals surface area contributed by atoms with Gasteiger partial charge >= 0.3 is 5.97 Å². The first kappa shape index (κ1) is 14.3. The van der Waals surface area contributed by atoms with Gasteiger partial charge in [0.15, 0.2) is 0 Å². The topological polar surface area (TPSA) is 26.3 Å². The van der Waals surface area contributed by atoms with Gasteiger partial charge in [0.2, 0.25) is 0 Å². The second kappa shape index (κ2) is 7.52. The highest BCUT2D eigenvalue weighted by atomic mass is 16.6. The molecule has 1 rings (SSSR count). The van der Waals surface area contributed by atoms with Crippen LogP contribution in [0, 0.1) is 0 Å². The molecule has 1 atom stereocenters. The lowest BCUT2D eigenvalue weighted by atomic mass is 9.98. The van der Waals surface area contributed by atoms with Gasteiger partial charge in [-0.25, -0.2) is 4.79 Å². The van der Waals surface area contributed by atoms with E-state index in [0.717, 1.165) is 12.8 Å². The van der Waals surface area contributed by atoms with E-state index in [4.69, 9.17) is 4.74 Å². The van der Waals surface area contributed by atoms with Gasteiger partial charge in [-0.3, -0.25) is 0 Å². The summed E-state index contributed by atoms with van der Waals surface area (Å²) in [6.07, 6.45) is 14.9. The van der Waals surface area contributed by atoms with Gasteiger partial charge in [-0.05, 0) is 25.8 Å². The Bertz CT molecular complexity index is 258. The Balaban J connectivity index is 1.94. The molecule has 0 N–H and O–H groups in total. The molecule has 1 aliphatic heterocycles. The third kappa shape index (κ3) is 5.90. The largest absolute Gasteiger partial charge is 0.452 e. The average molecular weight is 238 g/mol. The van der Waals surface area contributed by atoms with Crippen molar-refractivity contribution in [1.82, 2.24) is 0 Å². The fourth-order valence-corrected chi connectivity index (χ4v) is 2.29. The maximum Gasteiger partial charge on any atom is 0.331 e. The maximum atomic E-state index is 11.0. The molecule has 1 aliphatic rings. The van der Waals surface area contributed by atoms with E-state index >= 15 is 0 Å². The minimum absolute atomic E-state index is 0.188. The number of rotatable bonds is 9. The van der Waals surface area contributed by atoms with Crippen LogP contribution in [-0.2, 0) is 9.53 Å². The third-order valence-corrected chi connectivity index (χ3v) is 3.43. The Labute approximate surface area is 105 Å². The Morgan fingerprint density at radius 3 is 2.18 bits per heavy atom. The van der Waals surface area contributed by atoms with E-state index in [2.05, 4.69) is 6.92 Å². The van der Waals surface area contributed by atoms with E-state index in [1.54, 1.807) is 6.08 Å². The minimum Gasteiger partial charge on any atom is -0.452 e. The molecule has 1 unspecified atom stereocenters. The lowest BCUT2D eigenvalue weighted by Gasteiger charge is -2.21. The van der Waals surface area contributed by atoms with Gasteiger partial charge in [0.05, 0.1) is 0 Å². The highest BCUT2D eigenvalue weighted by molar-refractivity contribution is 5.85. The lowest BCUT2D eigenvalue weighted by Crippen LogP contribution is -2.23. The molecule has 2 nitrogen and oxygen atoms in total. The van der Waals surface area contributed by atoms with Crippen LogP contribution >= 0.6 is 0 Å². The molecule has 0 aliphatic carbocycles. The number of unbranched alkanes of at least 4 members (excludes halogenated alkanes) is 7. The zero-order valence-electron chi connectivity index (χ0n) is 11.3. The molecule has 0 saturated carbocycles. The number of carbonyl (C=O) groups is 1. The van der Waals surface area contributed by atoms with Crippen molar-refractivity contribution in [3.8, 4) is 0 Å². The molecule has 0 aromatic carbocycles. The summed E-state index contributed by atoms with van der Waals surface area (Å²) in [6, 6.07) is 0. The number of hydrogen-bond donors (Lipinski definition) is 0. The first-order valence-corrected chi connectivity index (χ1v) is 7.08. The van der Waals surface area contributed by atoms with Crippen molar-refractivity contribution < 1.29 is 9.53 Å². The van der Waals surface area contributed by atoms with Crippen molar-refractivity contribution in [3.05, 3.63) is 12.2 Å². The molecule has 0 saturated heterocycles. The van der Waals surface area contributed by atoms with Crippen molar-refractivity contribution in [2.75, 3.05) is 0 Å². The molecule has 1 heterocycles. The summed E-state index contributed by atoms with van der Waals surface area (Å²) in [5.74, 6) is -0.188. The van der Waals surface area contributed by atoms with Crippen LogP contribution in [0.2, 0.25) is 0 Å². The van der Waals surface area contributed by atoms with Gasteiger partial charge in [-0.15, -0.1) is 0 Å². The summed E-state index contributed by atoms with van der Waals surface area (Å²) in [4.78, 5) is 11.0. The second-order valence-corrected chi connectivity index (χ2v) is 5.29. The number of ether oxygens (including phenoxy) is 1. The van der Waals surface area contributed by atoms with E-state index < -0.39 is 0 Å². The van der Waals surface area contributed by atoms with Crippen LogP contribution in [0.15, 0.2) is 12.2 Å². The smallest absolute Gasteiger partial charge is 0.331 e. The molecule has 0 aromatic heterocycles. The van der Waals surface area contributed by atoms with E-state index in [9.17, 15) is 4.79 Å². The molecule has 98 valence electrons. The highest BCUT2D eigenvalue weighted by Crippen LogP contribution is 2.26. The summed E-state index contributed by atoms with van der Waals surface area (Å²) in [5.41, 5.74) is -0.320. The van der Waals surface area contributed by atoms with Crippen LogP contribution < -0.4 is 0 Å². The van der Waals surface area contributed by atoms with Gasteiger partial charge in [-0.1, -0.05) is 51.9 Å². The molecule has 0 amide bonds. The summed E-state index contributed by atoms with van der Waals surface area (Å²) in [5, 5.41) is 0. The maximum absolute atomic E-state index is 11.0. The standard InChI is InChI=1S/C15H26O2/c1-3-4-5-6-7-8-9-10-12-15(2)13-11-14(16)17-15/h11,13H,3-10,12H2,1-2H3. The van der Waals surface area contributed by atoms with Crippen molar-refractivity contribution in [1.29, 1.82) is 0 Å². The molecule has 0 radical (unpaired) electrons. The second-order valence-electron chi connectivity index (χ2n) is 5.29. The number of cyclic esters (lactones) is 1. The average Bonchev–Trinajstić information content (AvgIpc) is 2.63. The molecular formula is C15H26O2. The normalized spacial score (nSPS) is 23.1. The predicted molar refractivity (Wildman–Crippen MR) is 70.9 cm³/mol. The summed E-state index contributed by atoms with van der Waals surface area (Å²) >= 11 is 0. The lowest BCUT2D eigenvalue weighted by molar-refractivity contribution is -0.144. The zero-order chi connectivity index (χ0) is 12.6. The summed E-state index contributed by atoms with van der Waals surface area (Å²) < 4.78 is 5.26. The van der Waals surface area contributed by atoms with Gasteiger partial charge in [0, 0.05) is 6.08 Å². The molecule has 0 fully saturated rings. The fraction of sp³-hybridized carbons (Fsp3) is 0.800. The van der Waals surface area contributed by atoms with E-state index in [0.29, 0.717) is 0 Å². The Kier molecular flexibility index (Phi) is 6.31. The fourth-order valence-electron chi connectivity index (χ4n) is 2.29. The third-order valence-electron chi connectivity index (χ3n) is 3.43. The van der Waals surface area contributed by atoms with E-state index in [1.807, 2.05) is 13.0 Å². The predicted octanol–water partition coefficient (Wildman–Crippen LogP) is 4.39. The van der Waals surface area contributed by atoms with Crippen LogP contribution in [0.1, 0.15) is 71.6 Å². The van der Waals surface area contributed by atoms with E-state index in [-0.39, 0.29) is 11.6 Å². The van der Waals surface area contributed by atoms with Crippen LogP contribution in [0.5, 0.6) is 0 Å². The van der Waals surface area contributed by atoms with Crippen LogP contribution in [0.3, 0.4) is 0 Å². The molecule has 0 aromatic rings. The van der Waals surface area contributed by atoms with Crippen molar-refractivity contribution in [2.45, 2.75) is 77.2 Å². The number of esters is 1. The van der Waals surface area contributed by atoms with Crippen molar-refractivity contribution >= 4 is 5.97 Å². The first-order valence-electron chi connectivity index (χ1n) is 7.08. The first-order chi connectivity index (χ1) is 8.16. The molecule has 0 bridgehead atoms. The Morgan fingerprint density at radius 2 is 1.65 bits per heavy atom. The Hall–Kier alpha value is -0.790. The summed E-state index contributed by atoms with van der Waals surface area (Å²) in [6.45, 7) is 4.24. The van der Waals surface area contributed by atoms with Gasteiger partial charge in [0.1, 0.15) is 5.60 Å². The monoisotopic (exact) mass is 238 g/mol. The molecule has 0 spiro atoms. The highest BCUT2D eigenvalue weighted by Gasteiger charge is 2.29. The minimum atomic E-state index is -0.320. The Morgan fingerprint density at radius 1 is 1.06 bits per heavy atom. The number of hydrogen-bond acceptors (Lipinski definition) is 2. The van der Waals surface area contributed by atoms with Crippen LogP contribution in [-0.4, -0.2) is 11.6 Å². The van der Waals surface area contributed by atoms with Crippen LogP contribution in [0.4, 0.5) is 0 Å².